The maximum Gasteiger partial charge on any atom is 0.265 e. The fraction of sp³-hybridized carbons (Fsp3) is 0.200. The first-order valence-electron chi connectivity index (χ1n) is 6.51. The summed E-state index contributed by atoms with van der Waals surface area (Å²) in [6.45, 7) is 2.20. The van der Waals surface area contributed by atoms with E-state index in [-0.39, 0.29) is 11.8 Å². The minimum atomic E-state index is -0.152. The Morgan fingerprint density at radius 2 is 2.19 bits per heavy atom. The van der Waals surface area contributed by atoms with Crippen molar-refractivity contribution in [3.05, 3.63) is 44.6 Å². The molecule has 0 radical (unpaired) electrons. The van der Waals surface area contributed by atoms with Crippen molar-refractivity contribution >= 4 is 50.5 Å². The molecule has 108 valence electrons. The molecule has 0 bridgehead atoms. The lowest BCUT2D eigenvalue weighted by atomic mass is 10.1. The lowest BCUT2D eigenvalue weighted by molar-refractivity contribution is -0.116. The molecule has 2 heterocycles. The quantitative estimate of drug-likeness (QED) is 0.883. The summed E-state index contributed by atoms with van der Waals surface area (Å²) in [5.41, 5.74) is 2.56. The minimum Gasteiger partial charge on any atom is -0.319 e. The summed E-state index contributed by atoms with van der Waals surface area (Å²) in [6.07, 6.45) is 0.802. The standard InChI is InChI=1S/C15H13BrN2O2S/c1-9(19)18-5-4-10-7-11(16)8-12(14(10)18)17-15(20)13-3-2-6-21-13/h2-3,6-8H,4-5H2,1H3,(H,17,20). The Kier molecular flexibility index (Phi) is 3.82. The Morgan fingerprint density at radius 3 is 2.86 bits per heavy atom. The number of nitrogens with zero attached hydrogens (tertiary/aromatic N) is 1. The molecule has 6 heteroatoms. The predicted molar refractivity (Wildman–Crippen MR) is 88.1 cm³/mol. The number of thiophene rings is 1. The summed E-state index contributed by atoms with van der Waals surface area (Å²) in [7, 11) is 0. The van der Waals surface area contributed by atoms with Crippen LogP contribution >= 0.6 is 27.3 Å². The zero-order valence-corrected chi connectivity index (χ0v) is 13.8. The van der Waals surface area contributed by atoms with Gasteiger partial charge in [-0.1, -0.05) is 22.0 Å². The number of amides is 2. The summed E-state index contributed by atoms with van der Waals surface area (Å²) >= 11 is 4.85. The molecule has 2 aromatic rings. The SMILES string of the molecule is CC(=O)N1CCc2cc(Br)cc(NC(=O)c3cccs3)c21. The van der Waals surface area contributed by atoms with E-state index in [4.69, 9.17) is 0 Å². The monoisotopic (exact) mass is 364 g/mol. The number of carbonyl (C=O) groups is 2. The Balaban J connectivity index is 1.99. The second-order valence-corrected chi connectivity index (χ2v) is 6.68. The Bertz CT molecular complexity index is 713. The van der Waals surface area contributed by atoms with Gasteiger partial charge in [0.15, 0.2) is 0 Å². The molecule has 0 fully saturated rings. The van der Waals surface area contributed by atoms with Gasteiger partial charge in [-0.15, -0.1) is 11.3 Å². The van der Waals surface area contributed by atoms with Crippen molar-refractivity contribution in [2.75, 3.05) is 16.8 Å². The lowest BCUT2D eigenvalue weighted by Gasteiger charge is -2.19. The zero-order chi connectivity index (χ0) is 15.0. The highest BCUT2D eigenvalue weighted by Gasteiger charge is 2.26. The molecule has 21 heavy (non-hydrogen) atoms. The van der Waals surface area contributed by atoms with Crippen LogP contribution in [0.3, 0.4) is 0 Å². The van der Waals surface area contributed by atoms with Crippen LogP contribution in [0, 0.1) is 0 Å². The van der Waals surface area contributed by atoms with E-state index in [2.05, 4.69) is 21.2 Å². The van der Waals surface area contributed by atoms with Crippen LogP contribution in [0.2, 0.25) is 0 Å². The van der Waals surface area contributed by atoms with Crippen LogP contribution < -0.4 is 10.2 Å². The van der Waals surface area contributed by atoms with Crippen molar-refractivity contribution in [3.63, 3.8) is 0 Å². The summed E-state index contributed by atoms with van der Waals surface area (Å²) in [6, 6.07) is 7.46. The van der Waals surface area contributed by atoms with Gasteiger partial charge in [0.05, 0.1) is 16.3 Å². The lowest BCUT2D eigenvalue weighted by Crippen LogP contribution is -2.27. The van der Waals surface area contributed by atoms with Crippen LogP contribution in [0.5, 0.6) is 0 Å². The molecule has 1 aromatic carbocycles. The molecular weight excluding hydrogens is 352 g/mol. The smallest absolute Gasteiger partial charge is 0.265 e. The van der Waals surface area contributed by atoms with Crippen molar-refractivity contribution < 1.29 is 9.59 Å². The summed E-state index contributed by atoms with van der Waals surface area (Å²) < 4.78 is 0.896. The molecule has 0 atom stereocenters. The largest absolute Gasteiger partial charge is 0.319 e. The Morgan fingerprint density at radius 1 is 1.38 bits per heavy atom. The van der Waals surface area contributed by atoms with Gasteiger partial charge >= 0.3 is 0 Å². The van der Waals surface area contributed by atoms with E-state index in [1.807, 2.05) is 23.6 Å². The molecule has 2 amide bonds. The van der Waals surface area contributed by atoms with Crippen molar-refractivity contribution in [1.29, 1.82) is 0 Å². The average molecular weight is 365 g/mol. The molecule has 0 aliphatic carbocycles. The average Bonchev–Trinajstić information content (AvgIpc) is 3.07. The van der Waals surface area contributed by atoms with Gasteiger partial charge < -0.3 is 10.2 Å². The van der Waals surface area contributed by atoms with Gasteiger partial charge in [-0.25, -0.2) is 0 Å². The number of benzene rings is 1. The van der Waals surface area contributed by atoms with Crippen LogP contribution in [-0.4, -0.2) is 18.4 Å². The molecular formula is C15H13BrN2O2S. The van der Waals surface area contributed by atoms with Gasteiger partial charge in [-0.05, 0) is 35.6 Å². The van der Waals surface area contributed by atoms with Gasteiger partial charge in [0, 0.05) is 17.9 Å². The van der Waals surface area contributed by atoms with Crippen molar-refractivity contribution in [3.8, 4) is 0 Å². The number of rotatable bonds is 2. The third kappa shape index (κ3) is 2.73. The first kappa shape index (κ1) is 14.3. The zero-order valence-electron chi connectivity index (χ0n) is 11.4. The molecule has 0 saturated heterocycles. The summed E-state index contributed by atoms with van der Waals surface area (Å²) in [4.78, 5) is 26.4. The van der Waals surface area contributed by atoms with Crippen molar-refractivity contribution in [1.82, 2.24) is 0 Å². The fourth-order valence-electron chi connectivity index (χ4n) is 2.51. The van der Waals surface area contributed by atoms with Crippen molar-refractivity contribution in [2.45, 2.75) is 13.3 Å². The van der Waals surface area contributed by atoms with E-state index in [1.54, 1.807) is 17.9 Å². The molecule has 0 saturated carbocycles. The number of nitrogens with one attached hydrogen (secondary N) is 1. The topological polar surface area (TPSA) is 49.4 Å². The first-order valence-corrected chi connectivity index (χ1v) is 8.19. The van der Waals surface area contributed by atoms with E-state index in [0.29, 0.717) is 17.1 Å². The number of fused-ring (bicyclic) bond motifs is 1. The van der Waals surface area contributed by atoms with Crippen molar-refractivity contribution in [2.24, 2.45) is 0 Å². The maximum atomic E-state index is 12.2. The Hall–Kier alpha value is -1.66. The van der Waals surface area contributed by atoms with E-state index in [1.165, 1.54) is 11.3 Å². The van der Waals surface area contributed by atoms with Gasteiger partial charge in [0.1, 0.15) is 0 Å². The van der Waals surface area contributed by atoms with Crippen LogP contribution in [0.15, 0.2) is 34.1 Å². The predicted octanol–water partition coefficient (Wildman–Crippen LogP) is 3.67. The number of halogens is 1. The van der Waals surface area contributed by atoms with E-state index < -0.39 is 0 Å². The second kappa shape index (κ2) is 5.61. The molecule has 4 nitrogen and oxygen atoms in total. The normalized spacial score (nSPS) is 13.1. The van der Waals surface area contributed by atoms with Crippen LogP contribution in [-0.2, 0) is 11.2 Å². The van der Waals surface area contributed by atoms with Gasteiger partial charge in [-0.2, -0.15) is 0 Å². The third-order valence-electron chi connectivity index (χ3n) is 3.40. The fourth-order valence-corrected chi connectivity index (χ4v) is 3.64. The van der Waals surface area contributed by atoms with Crippen LogP contribution in [0.4, 0.5) is 11.4 Å². The Labute approximate surface area is 134 Å². The van der Waals surface area contributed by atoms with Gasteiger partial charge in [0.25, 0.3) is 5.91 Å². The third-order valence-corrected chi connectivity index (χ3v) is 4.73. The highest BCUT2D eigenvalue weighted by Crippen LogP contribution is 2.38. The molecule has 1 aliphatic rings. The number of hydrogen-bond acceptors (Lipinski definition) is 3. The van der Waals surface area contributed by atoms with E-state index in [0.717, 1.165) is 22.1 Å². The molecule has 0 unspecified atom stereocenters. The molecule has 1 aliphatic heterocycles. The van der Waals surface area contributed by atoms with Crippen LogP contribution in [0.25, 0.3) is 0 Å². The minimum absolute atomic E-state index is 0.0114. The highest BCUT2D eigenvalue weighted by atomic mass is 79.9. The maximum absolute atomic E-state index is 12.2. The van der Waals surface area contributed by atoms with Crippen LogP contribution in [0.1, 0.15) is 22.2 Å². The van der Waals surface area contributed by atoms with Gasteiger partial charge in [-0.3, -0.25) is 9.59 Å². The number of carbonyl (C=O) groups excluding carboxylic acids is 2. The summed E-state index contributed by atoms with van der Waals surface area (Å²) in [5, 5.41) is 4.78. The highest BCUT2D eigenvalue weighted by molar-refractivity contribution is 9.10. The van der Waals surface area contributed by atoms with Gasteiger partial charge in [0.2, 0.25) is 5.91 Å². The molecule has 0 spiro atoms. The van der Waals surface area contributed by atoms with E-state index in [9.17, 15) is 9.59 Å². The number of hydrogen-bond donors (Lipinski definition) is 1. The first-order chi connectivity index (χ1) is 10.1. The molecule has 3 rings (SSSR count). The summed E-state index contributed by atoms with van der Waals surface area (Å²) in [5.74, 6) is -0.164. The van der Waals surface area contributed by atoms with E-state index >= 15 is 0 Å². The number of anilines is 2. The molecule has 1 N–H and O–H groups in total. The second-order valence-electron chi connectivity index (χ2n) is 4.81. The molecule has 1 aromatic heterocycles.